The number of amides is 2. The molecule has 4 rings (SSSR count). The van der Waals surface area contributed by atoms with Gasteiger partial charge in [0.2, 0.25) is 15.9 Å². The molecule has 34 heavy (non-hydrogen) atoms. The van der Waals surface area contributed by atoms with Crippen LogP contribution in [0.2, 0.25) is 0 Å². The molecular weight excluding hydrogens is 518 g/mol. The molecule has 0 spiro atoms. The molecule has 0 aromatic heterocycles. The van der Waals surface area contributed by atoms with Gasteiger partial charge in [-0.25, -0.2) is 13.3 Å². The van der Waals surface area contributed by atoms with Crippen LogP contribution in [-0.4, -0.2) is 30.6 Å². The summed E-state index contributed by atoms with van der Waals surface area (Å²) in [5, 5.41) is 9.02. The van der Waals surface area contributed by atoms with Gasteiger partial charge in [-0.2, -0.15) is 9.57 Å². The minimum atomic E-state index is -4.15. The second-order valence-corrected chi connectivity index (χ2v) is 10.6. The normalized spacial score (nSPS) is 17.1. The Kier molecular flexibility index (Phi) is 6.66. The Morgan fingerprint density at radius 2 is 1.62 bits per heavy atom. The first-order valence-electron chi connectivity index (χ1n) is 10.4. The van der Waals surface area contributed by atoms with Crippen molar-refractivity contribution in [1.29, 1.82) is 5.26 Å². The zero-order chi connectivity index (χ0) is 24.5. The fourth-order valence-electron chi connectivity index (χ4n) is 4.02. The van der Waals surface area contributed by atoms with Gasteiger partial charge in [-0.1, -0.05) is 46.3 Å². The summed E-state index contributed by atoms with van der Waals surface area (Å²) in [6, 6.07) is 21.2. The summed E-state index contributed by atoms with van der Waals surface area (Å²) in [5.74, 6) is -1.13. The highest BCUT2D eigenvalue weighted by atomic mass is 79.9. The van der Waals surface area contributed by atoms with Gasteiger partial charge < -0.3 is 0 Å². The van der Waals surface area contributed by atoms with Crippen LogP contribution in [0, 0.1) is 11.3 Å². The van der Waals surface area contributed by atoms with E-state index in [0.29, 0.717) is 21.3 Å². The molecule has 3 aromatic carbocycles. The van der Waals surface area contributed by atoms with E-state index in [1.54, 1.807) is 43.3 Å². The highest BCUT2D eigenvalue weighted by Gasteiger charge is 2.48. The van der Waals surface area contributed by atoms with Crippen LogP contribution in [0.25, 0.3) is 0 Å². The number of nitrogens with zero attached hydrogens (tertiary/aromatic N) is 3. The molecule has 2 unspecified atom stereocenters. The Balaban J connectivity index is 1.78. The molecule has 1 heterocycles. The molecule has 2 atom stereocenters. The summed E-state index contributed by atoms with van der Waals surface area (Å²) < 4.78 is 29.5. The van der Waals surface area contributed by atoms with Crippen LogP contribution < -0.4 is 4.90 Å². The number of carbonyl (C=O) groups is 2. The van der Waals surface area contributed by atoms with E-state index in [9.17, 15) is 18.0 Å². The van der Waals surface area contributed by atoms with Gasteiger partial charge >= 0.3 is 0 Å². The lowest BCUT2D eigenvalue weighted by Crippen LogP contribution is -2.46. The van der Waals surface area contributed by atoms with Gasteiger partial charge in [0.05, 0.1) is 28.6 Å². The second-order valence-electron chi connectivity index (χ2n) is 7.82. The molecule has 0 N–H and O–H groups in total. The Labute approximate surface area is 206 Å². The first-order chi connectivity index (χ1) is 16.2. The molecule has 0 aliphatic carbocycles. The Morgan fingerprint density at radius 1 is 1.00 bits per heavy atom. The molecular formula is C25H20BrN3O4S. The fraction of sp³-hybridized carbons (Fsp3) is 0.160. The fourth-order valence-corrected chi connectivity index (χ4v) is 6.05. The van der Waals surface area contributed by atoms with Crippen molar-refractivity contribution in [3.05, 3.63) is 94.5 Å². The minimum Gasteiger partial charge on any atom is -0.274 e. The molecule has 1 aliphatic heterocycles. The van der Waals surface area contributed by atoms with Gasteiger partial charge in [0.25, 0.3) is 5.91 Å². The van der Waals surface area contributed by atoms with Crippen molar-refractivity contribution in [2.75, 3.05) is 4.90 Å². The smallest absolute Gasteiger partial charge is 0.252 e. The van der Waals surface area contributed by atoms with Crippen molar-refractivity contribution in [3.63, 3.8) is 0 Å². The Bertz CT molecular complexity index is 1370. The number of hydrogen-bond donors (Lipinski definition) is 0. The Hall–Kier alpha value is -3.32. The molecule has 1 saturated heterocycles. The first-order valence-corrected chi connectivity index (χ1v) is 12.7. The highest BCUT2D eigenvalue weighted by molar-refractivity contribution is 9.10. The summed E-state index contributed by atoms with van der Waals surface area (Å²) >= 11 is 3.31. The van der Waals surface area contributed by atoms with Crippen LogP contribution in [0.3, 0.4) is 0 Å². The van der Waals surface area contributed by atoms with Gasteiger partial charge in [0.1, 0.15) is 6.04 Å². The Morgan fingerprint density at radius 3 is 2.21 bits per heavy atom. The molecule has 9 heteroatoms. The van der Waals surface area contributed by atoms with Crippen molar-refractivity contribution in [1.82, 2.24) is 4.31 Å². The van der Waals surface area contributed by atoms with Gasteiger partial charge in [-0.3, -0.25) is 9.59 Å². The quantitative estimate of drug-likeness (QED) is 0.434. The molecule has 172 valence electrons. The first kappa shape index (κ1) is 23.8. The number of halogens is 1. The SMILES string of the molecule is CC(c1ccccc1)N(C1CC(=O)N(c2ccc(C#N)cc2)C1=O)S(=O)(=O)c1ccc(Br)cc1. The molecule has 7 nitrogen and oxygen atoms in total. The van der Waals surface area contributed by atoms with Crippen LogP contribution in [-0.2, 0) is 19.6 Å². The zero-order valence-electron chi connectivity index (χ0n) is 18.1. The molecule has 1 fully saturated rings. The predicted molar refractivity (Wildman–Crippen MR) is 130 cm³/mol. The van der Waals surface area contributed by atoms with Crippen LogP contribution in [0.5, 0.6) is 0 Å². The van der Waals surface area contributed by atoms with E-state index >= 15 is 0 Å². The summed E-state index contributed by atoms with van der Waals surface area (Å²) in [5.41, 5.74) is 1.38. The van der Waals surface area contributed by atoms with Crippen LogP contribution in [0.4, 0.5) is 5.69 Å². The van der Waals surface area contributed by atoms with Crippen molar-refractivity contribution in [2.24, 2.45) is 0 Å². The number of sulfonamides is 1. The summed E-state index contributed by atoms with van der Waals surface area (Å²) in [7, 11) is -4.15. The van der Waals surface area contributed by atoms with Crippen LogP contribution in [0.1, 0.15) is 30.5 Å². The number of hydrogen-bond acceptors (Lipinski definition) is 5. The number of imide groups is 1. The number of nitriles is 1. The highest BCUT2D eigenvalue weighted by Crippen LogP contribution is 2.36. The topological polar surface area (TPSA) is 98.5 Å². The lowest BCUT2D eigenvalue weighted by atomic mass is 10.1. The third kappa shape index (κ3) is 4.40. The third-order valence-electron chi connectivity index (χ3n) is 5.74. The second kappa shape index (κ2) is 9.50. The lowest BCUT2D eigenvalue weighted by Gasteiger charge is -2.32. The lowest BCUT2D eigenvalue weighted by molar-refractivity contribution is -0.122. The average Bonchev–Trinajstić information content (AvgIpc) is 3.13. The maximum atomic E-state index is 13.8. The van der Waals surface area contributed by atoms with Gasteiger partial charge in [0.15, 0.2) is 0 Å². The van der Waals surface area contributed by atoms with Crippen LogP contribution >= 0.6 is 15.9 Å². The predicted octanol–water partition coefficient (Wildman–Crippen LogP) is 4.40. The summed E-state index contributed by atoms with van der Waals surface area (Å²) in [6.07, 6.45) is -0.286. The minimum absolute atomic E-state index is 0.0237. The van der Waals surface area contributed by atoms with Gasteiger partial charge in [0, 0.05) is 10.5 Å². The van der Waals surface area contributed by atoms with E-state index < -0.39 is 33.9 Å². The maximum absolute atomic E-state index is 13.8. The van der Waals surface area contributed by atoms with Crippen LogP contribution in [0.15, 0.2) is 88.2 Å². The van der Waals surface area contributed by atoms with Crippen molar-refractivity contribution in [3.8, 4) is 6.07 Å². The molecule has 2 amide bonds. The third-order valence-corrected chi connectivity index (χ3v) is 8.26. The van der Waals surface area contributed by atoms with E-state index in [1.165, 1.54) is 36.4 Å². The maximum Gasteiger partial charge on any atom is 0.252 e. The van der Waals surface area contributed by atoms with E-state index in [1.807, 2.05) is 12.1 Å². The summed E-state index contributed by atoms with van der Waals surface area (Å²) in [6.45, 7) is 1.70. The van der Waals surface area contributed by atoms with Crippen molar-refractivity contribution >= 4 is 43.5 Å². The standard InChI is InChI=1S/C25H20BrN3O4S/c1-17(19-5-3-2-4-6-19)29(34(32,33)22-13-9-20(26)10-14-22)23-15-24(30)28(25(23)31)21-11-7-18(16-27)8-12-21/h2-14,17,23H,15H2,1H3. The van der Waals surface area contributed by atoms with Crippen molar-refractivity contribution in [2.45, 2.75) is 30.3 Å². The molecule has 0 saturated carbocycles. The van der Waals surface area contributed by atoms with E-state index in [0.717, 1.165) is 9.21 Å². The average molecular weight is 538 g/mol. The number of rotatable bonds is 6. The molecule has 3 aromatic rings. The molecule has 1 aliphatic rings. The monoisotopic (exact) mass is 537 g/mol. The number of carbonyl (C=O) groups excluding carboxylic acids is 2. The summed E-state index contributed by atoms with van der Waals surface area (Å²) in [4.78, 5) is 27.5. The van der Waals surface area contributed by atoms with E-state index in [4.69, 9.17) is 5.26 Å². The number of anilines is 1. The van der Waals surface area contributed by atoms with Crippen molar-refractivity contribution < 1.29 is 18.0 Å². The zero-order valence-corrected chi connectivity index (χ0v) is 20.5. The molecule has 0 bridgehead atoms. The van der Waals surface area contributed by atoms with E-state index in [2.05, 4.69) is 15.9 Å². The van der Waals surface area contributed by atoms with Gasteiger partial charge in [-0.05, 0) is 61.0 Å². The largest absolute Gasteiger partial charge is 0.274 e. The molecule has 0 radical (unpaired) electrons. The van der Waals surface area contributed by atoms with E-state index in [-0.39, 0.29) is 11.3 Å². The van der Waals surface area contributed by atoms with Gasteiger partial charge in [-0.15, -0.1) is 0 Å². The number of benzene rings is 3.